The van der Waals surface area contributed by atoms with Crippen LogP contribution < -0.4 is 0 Å². The number of hydrogen-bond acceptors (Lipinski definition) is 2. The number of piperidine rings is 1. The Morgan fingerprint density at radius 1 is 0.882 bits per heavy atom. The minimum Gasteiger partial charge on any atom is -0.342 e. The molecule has 1 aliphatic rings. The summed E-state index contributed by atoms with van der Waals surface area (Å²) in [6, 6.07) is 25.6. The molecule has 2 heterocycles. The first-order chi connectivity index (χ1) is 16.7. The van der Waals surface area contributed by atoms with Crippen LogP contribution in [0.2, 0.25) is 0 Å². The fourth-order valence-electron chi connectivity index (χ4n) is 4.81. The first kappa shape index (κ1) is 22.7. The quantitative estimate of drug-likeness (QED) is 0.291. The van der Waals surface area contributed by atoms with Crippen LogP contribution in [0.4, 0.5) is 4.39 Å². The molecule has 3 aromatic carbocycles. The number of benzene rings is 3. The van der Waals surface area contributed by atoms with Crippen LogP contribution in [0.25, 0.3) is 10.9 Å². The number of carbonyl (C=O) groups excluding carboxylic acids is 1. The molecule has 1 aliphatic heterocycles. The maximum Gasteiger partial charge on any atom is 0.232 e. The van der Waals surface area contributed by atoms with Gasteiger partial charge in [0.15, 0.2) is 0 Å². The zero-order valence-corrected chi connectivity index (χ0v) is 20.0. The van der Waals surface area contributed by atoms with Gasteiger partial charge in [0, 0.05) is 41.6 Å². The van der Waals surface area contributed by atoms with E-state index in [-0.39, 0.29) is 11.7 Å². The molecular weight excluding hydrogens is 443 g/mol. The largest absolute Gasteiger partial charge is 0.342 e. The number of thioether (sulfide) groups is 1. The predicted octanol–water partition coefficient (Wildman–Crippen LogP) is 6.40. The van der Waals surface area contributed by atoms with E-state index >= 15 is 0 Å². The van der Waals surface area contributed by atoms with Crippen LogP contribution in [0, 0.1) is 11.7 Å². The van der Waals surface area contributed by atoms with Crippen molar-refractivity contribution in [2.24, 2.45) is 5.92 Å². The minimum atomic E-state index is -0.222. The van der Waals surface area contributed by atoms with Gasteiger partial charge >= 0.3 is 0 Å². The van der Waals surface area contributed by atoms with Gasteiger partial charge in [0.2, 0.25) is 5.91 Å². The molecule has 5 rings (SSSR count). The van der Waals surface area contributed by atoms with Gasteiger partial charge in [-0.05, 0) is 54.5 Å². The van der Waals surface area contributed by atoms with E-state index in [1.807, 2.05) is 29.2 Å². The summed E-state index contributed by atoms with van der Waals surface area (Å²) in [6.07, 6.45) is 5.37. The summed E-state index contributed by atoms with van der Waals surface area (Å²) in [6.45, 7) is 2.37. The number of amides is 1. The average molecular weight is 473 g/mol. The molecule has 0 saturated carbocycles. The van der Waals surface area contributed by atoms with Gasteiger partial charge in [-0.3, -0.25) is 4.79 Å². The van der Waals surface area contributed by atoms with E-state index in [1.165, 1.54) is 17.7 Å². The van der Waals surface area contributed by atoms with Gasteiger partial charge < -0.3 is 9.47 Å². The van der Waals surface area contributed by atoms with Crippen LogP contribution in [0.5, 0.6) is 0 Å². The molecule has 1 fully saturated rings. The standard InChI is InChI=1S/C29H29FN2OS/c30-25-12-10-24(11-13-25)19-32-20-28(26-8-4-5-9-27(26)32)34-21-29(33)31-16-14-23(15-17-31)18-22-6-2-1-3-7-22/h1-13,20,23H,14-19,21H2. The Labute approximate surface area is 204 Å². The molecule has 0 bridgehead atoms. The maximum absolute atomic E-state index is 13.3. The van der Waals surface area contributed by atoms with Crippen molar-refractivity contribution in [1.82, 2.24) is 9.47 Å². The van der Waals surface area contributed by atoms with Crippen LogP contribution >= 0.6 is 11.8 Å². The third-order valence-electron chi connectivity index (χ3n) is 6.70. The number of likely N-dealkylation sites (tertiary alicyclic amines) is 1. The second-order valence-corrected chi connectivity index (χ2v) is 10.1. The van der Waals surface area contributed by atoms with Gasteiger partial charge in [0.25, 0.3) is 0 Å². The monoisotopic (exact) mass is 472 g/mol. The summed E-state index contributed by atoms with van der Waals surface area (Å²) in [5.74, 6) is 1.11. The Morgan fingerprint density at radius 2 is 1.59 bits per heavy atom. The lowest BCUT2D eigenvalue weighted by atomic mass is 9.90. The molecule has 174 valence electrons. The SMILES string of the molecule is O=C(CSc1cn(Cc2ccc(F)cc2)c2ccccc12)N1CCC(Cc2ccccc2)CC1. The maximum atomic E-state index is 13.3. The number of rotatable bonds is 7. The van der Waals surface area contributed by atoms with E-state index < -0.39 is 0 Å². The Bertz CT molecular complexity index is 1240. The van der Waals surface area contributed by atoms with Gasteiger partial charge in [0.1, 0.15) is 5.82 Å². The number of nitrogens with zero attached hydrogens (tertiary/aromatic N) is 2. The van der Waals surface area contributed by atoms with Crippen molar-refractivity contribution in [3.63, 3.8) is 0 Å². The second-order valence-electron chi connectivity index (χ2n) is 9.07. The highest BCUT2D eigenvalue weighted by Crippen LogP contribution is 2.31. The van der Waals surface area contributed by atoms with Gasteiger partial charge in [-0.2, -0.15) is 0 Å². The third kappa shape index (κ3) is 5.36. The van der Waals surface area contributed by atoms with Gasteiger partial charge in [-0.15, -0.1) is 11.8 Å². The Balaban J connectivity index is 1.19. The summed E-state index contributed by atoms with van der Waals surface area (Å²) in [5, 5.41) is 1.16. The lowest BCUT2D eigenvalue weighted by molar-refractivity contribution is -0.129. The number of hydrogen-bond donors (Lipinski definition) is 0. The van der Waals surface area contributed by atoms with E-state index in [1.54, 1.807) is 11.8 Å². The van der Waals surface area contributed by atoms with Crippen molar-refractivity contribution in [2.75, 3.05) is 18.8 Å². The zero-order chi connectivity index (χ0) is 23.3. The minimum absolute atomic E-state index is 0.221. The predicted molar refractivity (Wildman–Crippen MR) is 138 cm³/mol. The van der Waals surface area contributed by atoms with Gasteiger partial charge in [-0.25, -0.2) is 4.39 Å². The summed E-state index contributed by atoms with van der Waals surface area (Å²) in [5.41, 5.74) is 3.57. The highest BCUT2D eigenvalue weighted by Gasteiger charge is 2.23. The molecular formula is C29H29FN2OS. The van der Waals surface area contributed by atoms with Gasteiger partial charge in [-0.1, -0.05) is 60.7 Å². The van der Waals surface area contributed by atoms with Crippen molar-refractivity contribution < 1.29 is 9.18 Å². The molecule has 34 heavy (non-hydrogen) atoms. The van der Waals surface area contributed by atoms with Crippen molar-refractivity contribution >= 4 is 28.6 Å². The van der Waals surface area contributed by atoms with Crippen LogP contribution in [0.15, 0.2) is 90.0 Å². The zero-order valence-electron chi connectivity index (χ0n) is 19.2. The number of halogens is 1. The van der Waals surface area contributed by atoms with Crippen LogP contribution in [-0.4, -0.2) is 34.2 Å². The van der Waals surface area contributed by atoms with Crippen molar-refractivity contribution in [1.29, 1.82) is 0 Å². The fourth-order valence-corrected chi connectivity index (χ4v) is 5.80. The van der Waals surface area contributed by atoms with Crippen molar-refractivity contribution in [3.05, 3.63) is 102 Å². The van der Waals surface area contributed by atoms with E-state index in [0.717, 1.165) is 53.7 Å². The lowest BCUT2D eigenvalue weighted by Crippen LogP contribution is -2.39. The molecule has 0 N–H and O–H groups in total. The Hall–Kier alpha value is -3.05. The highest BCUT2D eigenvalue weighted by molar-refractivity contribution is 8.00. The molecule has 0 aliphatic carbocycles. The van der Waals surface area contributed by atoms with Crippen molar-refractivity contribution in [3.8, 4) is 0 Å². The van der Waals surface area contributed by atoms with E-state index in [9.17, 15) is 9.18 Å². The lowest BCUT2D eigenvalue weighted by Gasteiger charge is -2.32. The topological polar surface area (TPSA) is 25.2 Å². The van der Waals surface area contributed by atoms with Crippen LogP contribution in [-0.2, 0) is 17.8 Å². The van der Waals surface area contributed by atoms with E-state index in [0.29, 0.717) is 18.2 Å². The molecule has 3 nitrogen and oxygen atoms in total. The molecule has 1 amide bonds. The number of aromatic nitrogens is 1. The Morgan fingerprint density at radius 3 is 2.35 bits per heavy atom. The van der Waals surface area contributed by atoms with E-state index in [4.69, 9.17) is 0 Å². The molecule has 0 atom stereocenters. The van der Waals surface area contributed by atoms with Crippen LogP contribution in [0.1, 0.15) is 24.0 Å². The molecule has 1 saturated heterocycles. The number of fused-ring (bicyclic) bond motifs is 1. The van der Waals surface area contributed by atoms with E-state index in [2.05, 4.69) is 53.2 Å². The molecule has 5 heteroatoms. The fraction of sp³-hybridized carbons (Fsp3) is 0.276. The summed E-state index contributed by atoms with van der Waals surface area (Å²) >= 11 is 1.62. The van der Waals surface area contributed by atoms with Crippen molar-refractivity contribution in [2.45, 2.75) is 30.7 Å². The highest BCUT2D eigenvalue weighted by atomic mass is 32.2. The first-order valence-electron chi connectivity index (χ1n) is 11.9. The average Bonchev–Trinajstić information content (AvgIpc) is 3.22. The summed E-state index contributed by atoms with van der Waals surface area (Å²) in [4.78, 5) is 16.1. The second kappa shape index (κ2) is 10.5. The Kier molecular flexibility index (Phi) is 7.00. The number of para-hydroxylation sites is 1. The molecule has 0 radical (unpaired) electrons. The third-order valence-corrected chi connectivity index (χ3v) is 7.73. The molecule has 1 aromatic heterocycles. The number of carbonyl (C=O) groups is 1. The normalized spacial score (nSPS) is 14.6. The molecule has 4 aromatic rings. The van der Waals surface area contributed by atoms with Gasteiger partial charge in [0.05, 0.1) is 5.75 Å². The van der Waals surface area contributed by atoms with Crippen LogP contribution in [0.3, 0.4) is 0 Å². The molecule has 0 spiro atoms. The first-order valence-corrected chi connectivity index (χ1v) is 12.9. The summed E-state index contributed by atoms with van der Waals surface area (Å²) in [7, 11) is 0. The molecule has 0 unspecified atom stereocenters. The smallest absolute Gasteiger partial charge is 0.232 e. The summed E-state index contributed by atoms with van der Waals surface area (Å²) < 4.78 is 15.5.